The van der Waals surface area contributed by atoms with Gasteiger partial charge in [0, 0.05) is 24.6 Å². The highest BCUT2D eigenvalue weighted by molar-refractivity contribution is 5.98. The number of amides is 3. The van der Waals surface area contributed by atoms with Gasteiger partial charge in [0.1, 0.15) is 5.75 Å². The molecule has 0 unspecified atom stereocenters. The van der Waals surface area contributed by atoms with Crippen LogP contribution in [0.2, 0.25) is 0 Å². The van der Waals surface area contributed by atoms with Gasteiger partial charge in [-0.25, -0.2) is 0 Å². The van der Waals surface area contributed by atoms with Crippen molar-refractivity contribution in [1.29, 1.82) is 0 Å². The molecule has 7 heteroatoms. The maximum atomic E-state index is 12.6. The summed E-state index contributed by atoms with van der Waals surface area (Å²) in [6, 6.07) is 13.5. The summed E-state index contributed by atoms with van der Waals surface area (Å²) in [6.45, 7) is 2.87. The van der Waals surface area contributed by atoms with E-state index in [0.29, 0.717) is 31.5 Å². The van der Waals surface area contributed by atoms with Crippen molar-refractivity contribution in [1.82, 2.24) is 15.8 Å². The van der Waals surface area contributed by atoms with Gasteiger partial charge in [0.05, 0.1) is 5.56 Å². The van der Waals surface area contributed by atoms with E-state index in [-0.39, 0.29) is 29.0 Å². The second-order valence-electron chi connectivity index (χ2n) is 6.84. The fourth-order valence-electron chi connectivity index (χ4n) is 3.28. The van der Waals surface area contributed by atoms with Crippen LogP contribution in [0.4, 0.5) is 0 Å². The van der Waals surface area contributed by atoms with Crippen molar-refractivity contribution in [2.75, 3.05) is 13.1 Å². The average Bonchev–Trinajstić information content (AvgIpc) is 2.72. The molecular formula is C21H23N3O4. The van der Waals surface area contributed by atoms with E-state index in [9.17, 15) is 19.5 Å². The van der Waals surface area contributed by atoms with Gasteiger partial charge in [0.2, 0.25) is 5.91 Å². The number of aromatic hydroxyl groups is 1. The lowest BCUT2D eigenvalue weighted by Crippen LogP contribution is -2.48. The van der Waals surface area contributed by atoms with Gasteiger partial charge in [-0.05, 0) is 43.5 Å². The number of nitrogens with zero attached hydrogens (tertiary/aromatic N) is 1. The van der Waals surface area contributed by atoms with Crippen LogP contribution in [0.1, 0.15) is 39.1 Å². The highest BCUT2D eigenvalue weighted by Crippen LogP contribution is 2.20. The number of phenolic OH excluding ortho intramolecular Hbond substituents is 1. The second kappa shape index (κ2) is 8.56. The van der Waals surface area contributed by atoms with Crippen LogP contribution in [-0.4, -0.2) is 40.8 Å². The lowest BCUT2D eigenvalue weighted by atomic mass is 9.95. The first-order valence-corrected chi connectivity index (χ1v) is 9.20. The molecule has 3 rings (SSSR count). The van der Waals surface area contributed by atoms with Crippen LogP contribution in [0, 0.1) is 12.8 Å². The molecule has 0 aliphatic carbocycles. The first-order valence-electron chi connectivity index (χ1n) is 9.20. The zero-order valence-electron chi connectivity index (χ0n) is 15.6. The number of nitrogens with one attached hydrogen (secondary N) is 2. The number of phenols is 1. The number of aryl methyl sites for hydroxylation is 1. The van der Waals surface area contributed by atoms with Crippen LogP contribution < -0.4 is 10.9 Å². The topological polar surface area (TPSA) is 98.7 Å². The summed E-state index contributed by atoms with van der Waals surface area (Å²) >= 11 is 0. The smallest absolute Gasteiger partial charge is 0.273 e. The van der Waals surface area contributed by atoms with Crippen molar-refractivity contribution < 1.29 is 19.5 Å². The Balaban J connectivity index is 1.50. The molecular weight excluding hydrogens is 358 g/mol. The predicted octanol–water partition coefficient (Wildman–Crippen LogP) is 2.01. The lowest BCUT2D eigenvalue weighted by Gasteiger charge is -2.31. The fourth-order valence-corrected chi connectivity index (χ4v) is 3.28. The summed E-state index contributed by atoms with van der Waals surface area (Å²) < 4.78 is 0. The number of rotatable bonds is 3. The van der Waals surface area contributed by atoms with Crippen molar-refractivity contribution in [3.8, 4) is 5.75 Å². The standard InChI is InChI=1S/C21H23N3O4/c1-14-6-2-3-7-16(14)21(28)24-12-10-15(11-13-24)19(26)22-23-20(27)17-8-4-5-9-18(17)25/h2-9,15,25H,10-13H2,1H3,(H,22,26)(H,23,27). The van der Waals surface area contributed by atoms with Crippen molar-refractivity contribution in [3.05, 3.63) is 65.2 Å². The third-order valence-electron chi connectivity index (χ3n) is 4.98. The fraction of sp³-hybridized carbons (Fsp3) is 0.286. The number of carbonyl (C=O) groups is 3. The molecule has 0 bridgehead atoms. The first kappa shape index (κ1) is 19.4. The number of likely N-dealkylation sites (tertiary alicyclic amines) is 1. The van der Waals surface area contributed by atoms with E-state index >= 15 is 0 Å². The Morgan fingerprint density at radius 1 is 0.929 bits per heavy atom. The molecule has 1 heterocycles. The Morgan fingerprint density at radius 2 is 1.54 bits per heavy atom. The zero-order valence-corrected chi connectivity index (χ0v) is 15.6. The molecule has 2 aromatic rings. The van der Waals surface area contributed by atoms with Crippen LogP contribution in [0.15, 0.2) is 48.5 Å². The molecule has 0 spiro atoms. The molecule has 7 nitrogen and oxygen atoms in total. The SMILES string of the molecule is Cc1ccccc1C(=O)N1CCC(C(=O)NNC(=O)c2ccccc2O)CC1. The molecule has 3 N–H and O–H groups in total. The van der Waals surface area contributed by atoms with Gasteiger partial charge < -0.3 is 10.0 Å². The molecule has 0 saturated carbocycles. The largest absolute Gasteiger partial charge is 0.507 e. The van der Waals surface area contributed by atoms with Crippen LogP contribution in [0.3, 0.4) is 0 Å². The maximum Gasteiger partial charge on any atom is 0.273 e. The average molecular weight is 381 g/mol. The number of benzene rings is 2. The number of para-hydroxylation sites is 1. The molecule has 1 fully saturated rings. The van der Waals surface area contributed by atoms with Crippen molar-refractivity contribution in [2.24, 2.45) is 5.92 Å². The minimum Gasteiger partial charge on any atom is -0.507 e. The minimum atomic E-state index is -0.585. The monoisotopic (exact) mass is 381 g/mol. The van der Waals surface area contributed by atoms with Crippen molar-refractivity contribution in [3.63, 3.8) is 0 Å². The molecule has 146 valence electrons. The van der Waals surface area contributed by atoms with Gasteiger partial charge in [-0.15, -0.1) is 0 Å². The van der Waals surface area contributed by atoms with E-state index in [1.165, 1.54) is 12.1 Å². The Hall–Kier alpha value is -3.35. The summed E-state index contributed by atoms with van der Waals surface area (Å²) in [5, 5.41) is 9.68. The summed E-state index contributed by atoms with van der Waals surface area (Å²) in [6.07, 6.45) is 1.05. The van der Waals surface area contributed by atoms with E-state index < -0.39 is 5.91 Å². The van der Waals surface area contributed by atoms with E-state index in [1.807, 2.05) is 31.2 Å². The maximum absolute atomic E-state index is 12.6. The Labute approximate surface area is 163 Å². The third kappa shape index (κ3) is 4.31. The van der Waals surface area contributed by atoms with Crippen LogP contribution in [-0.2, 0) is 4.79 Å². The molecule has 0 aromatic heterocycles. The zero-order chi connectivity index (χ0) is 20.1. The molecule has 3 amide bonds. The normalized spacial score (nSPS) is 14.4. The number of hydrazine groups is 1. The number of carbonyl (C=O) groups excluding carboxylic acids is 3. The molecule has 1 aliphatic rings. The minimum absolute atomic E-state index is 0.0233. The second-order valence-corrected chi connectivity index (χ2v) is 6.84. The van der Waals surface area contributed by atoms with E-state index in [1.54, 1.807) is 17.0 Å². The molecule has 0 atom stereocenters. The summed E-state index contributed by atoms with van der Waals surface area (Å²) in [5.74, 6) is -1.35. The number of piperidine rings is 1. The summed E-state index contributed by atoms with van der Waals surface area (Å²) in [5.41, 5.74) is 6.43. The Bertz CT molecular complexity index is 889. The third-order valence-corrected chi connectivity index (χ3v) is 4.98. The van der Waals surface area contributed by atoms with Crippen molar-refractivity contribution >= 4 is 17.7 Å². The van der Waals surface area contributed by atoms with E-state index in [4.69, 9.17) is 0 Å². The highest BCUT2D eigenvalue weighted by Gasteiger charge is 2.28. The highest BCUT2D eigenvalue weighted by atomic mass is 16.3. The van der Waals surface area contributed by atoms with Crippen LogP contribution >= 0.6 is 0 Å². The van der Waals surface area contributed by atoms with Gasteiger partial charge in [-0.1, -0.05) is 30.3 Å². The number of hydrogen-bond acceptors (Lipinski definition) is 4. The van der Waals surface area contributed by atoms with Crippen molar-refractivity contribution in [2.45, 2.75) is 19.8 Å². The first-order chi connectivity index (χ1) is 13.5. The Kier molecular flexibility index (Phi) is 5.93. The van der Waals surface area contributed by atoms with Crippen LogP contribution in [0.25, 0.3) is 0 Å². The molecule has 1 aliphatic heterocycles. The Morgan fingerprint density at radius 3 is 2.18 bits per heavy atom. The van der Waals surface area contributed by atoms with Crippen LogP contribution in [0.5, 0.6) is 5.75 Å². The van der Waals surface area contributed by atoms with E-state index in [2.05, 4.69) is 10.9 Å². The van der Waals surface area contributed by atoms with Gasteiger partial charge in [-0.2, -0.15) is 0 Å². The van der Waals surface area contributed by atoms with Gasteiger partial charge in [0.25, 0.3) is 11.8 Å². The van der Waals surface area contributed by atoms with E-state index in [0.717, 1.165) is 5.56 Å². The lowest BCUT2D eigenvalue weighted by molar-refractivity contribution is -0.127. The summed E-state index contributed by atoms with van der Waals surface area (Å²) in [4.78, 5) is 38.8. The quantitative estimate of drug-likeness (QED) is 0.709. The predicted molar refractivity (Wildman–Crippen MR) is 104 cm³/mol. The van der Waals surface area contributed by atoms with Gasteiger partial charge in [-0.3, -0.25) is 25.2 Å². The molecule has 28 heavy (non-hydrogen) atoms. The molecule has 1 saturated heterocycles. The van der Waals surface area contributed by atoms with Gasteiger partial charge in [0.15, 0.2) is 0 Å². The number of hydrogen-bond donors (Lipinski definition) is 3. The molecule has 2 aromatic carbocycles. The summed E-state index contributed by atoms with van der Waals surface area (Å²) in [7, 11) is 0. The van der Waals surface area contributed by atoms with Gasteiger partial charge >= 0.3 is 0 Å². The molecule has 0 radical (unpaired) electrons.